The van der Waals surface area contributed by atoms with Crippen molar-refractivity contribution in [3.05, 3.63) is 58.4 Å². The van der Waals surface area contributed by atoms with Gasteiger partial charge in [0, 0.05) is 47.6 Å². The molecule has 28 heavy (non-hydrogen) atoms. The number of pyridine rings is 1. The molecule has 0 saturated heterocycles. The van der Waals surface area contributed by atoms with Gasteiger partial charge in [0.2, 0.25) is 0 Å². The highest BCUT2D eigenvalue weighted by molar-refractivity contribution is 6.04. The minimum absolute atomic E-state index is 0.00254. The summed E-state index contributed by atoms with van der Waals surface area (Å²) in [6.45, 7) is 9.54. The topological polar surface area (TPSA) is 60.3 Å². The lowest BCUT2D eigenvalue weighted by atomic mass is 9.80. The van der Waals surface area contributed by atoms with Crippen LogP contribution in [0.4, 0.5) is 5.69 Å². The third-order valence-corrected chi connectivity index (χ3v) is 6.65. The Hall–Kier alpha value is -2.69. The van der Waals surface area contributed by atoms with Gasteiger partial charge in [0.25, 0.3) is 0 Å². The van der Waals surface area contributed by atoms with Gasteiger partial charge in [-0.15, -0.1) is 0 Å². The highest BCUT2D eigenvalue weighted by Gasteiger charge is 2.40. The summed E-state index contributed by atoms with van der Waals surface area (Å²) >= 11 is 0. The second-order valence-corrected chi connectivity index (χ2v) is 8.53. The van der Waals surface area contributed by atoms with Crippen molar-refractivity contribution in [3.8, 4) is 0 Å². The molecular formula is C23H28N4O. The normalized spacial score (nSPS) is 19.8. The van der Waals surface area contributed by atoms with E-state index in [-0.39, 0.29) is 17.7 Å². The van der Waals surface area contributed by atoms with E-state index in [9.17, 15) is 4.79 Å². The number of Topliss-reactive ketones (excluding diaryl/α,β-unsaturated/α-hetero) is 1. The maximum Gasteiger partial charge on any atom is 0.182 e. The number of aryl methyl sites for hydroxylation is 1. The summed E-state index contributed by atoms with van der Waals surface area (Å²) in [6.07, 6.45) is 0.845. The van der Waals surface area contributed by atoms with Gasteiger partial charge in [0.05, 0.1) is 6.54 Å². The average molecular weight is 377 g/mol. The summed E-state index contributed by atoms with van der Waals surface area (Å²) in [6, 6.07) is 10.5. The Morgan fingerprint density at radius 3 is 2.75 bits per heavy atom. The summed E-state index contributed by atoms with van der Waals surface area (Å²) in [5.41, 5.74) is 5.88. The van der Waals surface area contributed by atoms with Crippen LogP contribution < -0.4 is 4.90 Å². The number of hydrogen-bond donors (Lipinski definition) is 1. The van der Waals surface area contributed by atoms with Crippen molar-refractivity contribution >= 4 is 17.3 Å². The standard InChI is InChI=1S/C23H28N4O/c1-6-17-9-7-16-12-27(22(24)21(16)25-17)13-20(28)15-8-10-19-18(11-15)23(3,4)14(2)26(19)5/h7-11,14,24H,6,12-13H2,1-5H3. The van der Waals surface area contributed by atoms with Crippen molar-refractivity contribution in [1.29, 1.82) is 5.41 Å². The molecule has 1 aromatic carbocycles. The molecule has 3 heterocycles. The van der Waals surface area contributed by atoms with Crippen LogP contribution in [-0.4, -0.2) is 41.1 Å². The van der Waals surface area contributed by atoms with Gasteiger partial charge in [-0.1, -0.05) is 26.8 Å². The first-order valence-electron chi connectivity index (χ1n) is 9.97. The number of aromatic nitrogens is 1. The van der Waals surface area contributed by atoms with E-state index in [0.29, 0.717) is 18.4 Å². The van der Waals surface area contributed by atoms with Crippen LogP contribution in [0.15, 0.2) is 30.3 Å². The first-order valence-corrected chi connectivity index (χ1v) is 9.97. The number of likely N-dealkylation sites (N-methyl/N-ethyl adjacent to an activating group) is 1. The van der Waals surface area contributed by atoms with Crippen LogP contribution in [0.25, 0.3) is 0 Å². The summed E-state index contributed by atoms with van der Waals surface area (Å²) in [5.74, 6) is 0.405. The van der Waals surface area contributed by atoms with Crippen molar-refractivity contribution in [2.75, 3.05) is 18.5 Å². The van der Waals surface area contributed by atoms with Gasteiger partial charge in [-0.25, -0.2) is 4.98 Å². The van der Waals surface area contributed by atoms with Gasteiger partial charge in [-0.2, -0.15) is 0 Å². The van der Waals surface area contributed by atoms with E-state index < -0.39 is 0 Å². The highest BCUT2D eigenvalue weighted by Crippen LogP contribution is 2.44. The molecule has 0 radical (unpaired) electrons. The van der Waals surface area contributed by atoms with Gasteiger partial charge in [0.1, 0.15) is 11.5 Å². The highest BCUT2D eigenvalue weighted by atomic mass is 16.1. The molecule has 0 amide bonds. The lowest BCUT2D eigenvalue weighted by Gasteiger charge is -2.28. The molecule has 1 unspecified atom stereocenters. The van der Waals surface area contributed by atoms with Crippen molar-refractivity contribution in [1.82, 2.24) is 9.88 Å². The monoisotopic (exact) mass is 376 g/mol. The molecule has 0 spiro atoms. The number of carbonyl (C=O) groups is 1. The molecule has 1 atom stereocenters. The predicted molar refractivity (Wildman–Crippen MR) is 113 cm³/mol. The predicted octanol–water partition coefficient (Wildman–Crippen LogP) is 3.78. The smallest absolute Gasteiger partial charge is 0.182 e. The molecule has 1 aromatic heterocycles. The van der Waals surface area contributed by atoms with E-state index in [1.165, 1.54) is 11.3 Å². The minimum Gasteiger partial charge on any atom is -0.371 e. The largest absolute Gasteiger partial charge is 0.371 e. The maximum absolute atomic E-state index is 13.0. The molecule has 0 bridgehead atoms. The molecule has 0 aliphatic carbocycles. The van der Waals surface area contributed by atoms with Gasteiger partial charge >= 0.3 is 0 Å². The number of hydrogen-bond acceptors (Lipinski definition) is 4. The lowest BCUT2D eigenvalue weighted by Crippen LogP contribution is -2.36. The van der Waals surface area contributed by atoms with E-state index in [1.54, 1.807) is 0 Å². The first-order chi connectivity index (χ1) is 13.2. The summed E-state index contributed by atoms with van der Waals surface area (Å²) in [7, 11) is 2.11. The number of amidine groups is 1. The SMILES string of the molecule is CCc1ccc2c(n1)C(=N)N(CC(=O)c1ccc3c(c1)C(C)(C)C(C)N3C)C2. The maximum atomic E-state index is 13.0. The van der Waals surface area contributed by atoms with E-state index in [0.717, 1.165) is 28.9 Å². The minimum atomic E-state index is -0.00254. The average Bonchev–Trinajstić information content (AvgIpc) is 3.08. The summed E-state index contributed by atoms with van der Waals surface area (Å²) in [5, 5.41) is 8.46. The molecule has 146 valence electrons. The van der Waals surface area contributed by atoms with Crippen molar-refractivity contribution in [2.24, 2.45) is 0 Å². The van der Waals surface area contributed by atoms with Gasteiger partial charge in [0.15, 0.2) is 5.78 Å². The first kappa shape index (κ1) is 18.7. The number of fused-ring (bicyclic) bond motifs is 2. The molecule has 2 aliphatic heterocycles. The molecule has 1 N–H and O–H groups in total. The lowest BCUT2D eigenvalue weighted by molar-refractivity contribution is 0.0962. The third kappa shape index (κ3) is 2.72. The molecule has 5 nitrogen and oxygen atoms in total. The zero-order valence-corrected chi connectivity index (χ0v) is 17.3. The Labute approximate surface area is 166 Å². The number of anilines is 1. The molecule has 0 fully saturated rings. The quantitative estimate of drug-likeness (QED) is 0.825. The molecule has 2 aliphatic rings. The van der Waals surface area contributed by atoms with Crippen molar-refractivity contribution in [2.45, 2.75) is 52.1 Å². The van der Waals surface area contributed by atoms with Crippen molar-refractivity contribution < 1.29 is 4.79 Å². The molecule has 4 rings (SSSR count). The fraction of sp³-hybridized carbons (Fsp3) is 0.435. The Bertz CT molecular complexity index is 979. The van der Waals surface area contributed by atoms with Crippen LogP contribution in [-0.2, 0) is 18.4 Å². The Balaban J connectivity index is 1.56. The van der Waals surface area contributed by atoms with Gasteiger partial charge in [-0.3, -0.25) is 10.2 Å². The van der Waals surface area contributed by atoms with E-state index in [1.807, 2.05) is 23.1 Å². The molecule has 2 aromatic rings. The van der Waals surface area contributed by atoms with Gasteiger partial charge in [-0.05, 0) is 43.2 Å². The van der Waals surface area contributed by atoms with E-state index in [4.69, 9.17) is 5.41 Å². The Morgan fingerprint density at radius 2 is 2.04 bits per heavy atom. The number of rotatable bonds is 4. The zero-order valence-electron chi connectivity index (χ0n) is 17.3. The van der Waals surface area contributed by atoms with Crippen LogP contribution in [0.1, 0.15) is 60.6 Å². The van der Waals surface area contributed by atoms with Crippen LogP contribution in [0.3, 0.4) is 0 Å². The summed E-state index contributed by atoms with van der Waals surface area (Å²) < 4.78 is 0. The fourth-order valence-electron chi connectivity index (χ4n) is 4.34. The van der Waals surface area contributed by atoms with Crippen LogP contribution in [0, 0.1) is 5.41 Å². The number of carbonyl (C=O) groups excluding carboxylic acids is 1. The van der Waals surface area contributed by atoms with E-state index >= 15 is 0 Å². The van der Waals surface area contributed by atoms with E-state index in [2.05, 4.69) is 56.8 Å². The number of nitrogens with zero attached hydrogens (tertiary/aromatic N) is 3. The molecular weight excluding hydrogens is 348 g/mol. The zero-order chi connectivity index (χ0) is 20.2. The Kier molecular flexibility index (Phi) is 4.29. The number of nitrogens with one attached hydrogen (secondary N) is 1. The van der Waals surface area contributed by atoms with Crippen molar-refractivity contribution in [3.63, 3.8) is 0 Å². The number of benzene rings is 1. The Morgan fingerprint density at radius 1 is 1.29 bits per heavy atom. The molecule has 5 heteroatoms. The fourth-order valence-corrected chi connectivity index (χ4v) is 4.34. The second-order valence-electron chi connectivity index (χ2n) is 8.53. The molecule has 0 saturated carbocycles. The van der Waals surface area contributed by atoms with Crippen LogP contribution in [0.5, 0.6) is 0 Å². The summed E-state index contributed by atoms with van der Waals surface area (Å²) in [4.78, 5) is 21.7. The van der Waals surface area contributed by atoms with Crippen LogP contribution >= 0.6 is 0 Å². The number of ketones is 1. The second kappa shape index (κ2) is 6.43. The van der Waals surface area contributed by atoms with Crippen LogP contribution in [0.2, 0.25) is 0 Å². The van der Waals surface area contributed by atoms with Gasteiger partial charge < -0.3 is 9.80 Å². The third-order valence-electron chi connectivity index (χ3n) is 6.65.